The van der Waals surface area contributed by atoms with E-state index in [-0.39, 0.29) is 5.41 Å². The molecule has 4 heteroatoms. The van der Waals surface area contributed by atoms with Gasteiger partial charge in [0, 0.05) is 5.41 Å². The second-order valence-corrected chi connectivity index (χ2v) is 12.3. The lowest BCUT2D eigenvalue weighted by Crippen LogP contribution is -2.23. The zero-order chi connectivity index (χ0) is 31.0. The highest BCUT2D eigenvalue weighted by molar-refractivity contribution is 5.55. The number of hydrogen-bond acceptors (Lipinski definition) is 4. The largest absolute Gasteiger partial charge is 0.455 e. The Labute approximate surface area is 265 Å². The maximum Gasteiger partial charge on any atom is 0.150 e. The first kappa shape index (κ1) is 33.0. The summed E-state index contributed by atoms with van der Waals surface area (Å²) in [5, 5.41) is 0. The van der Waals surface area contributed by atoms with Gasteiger partial charge in [-0.05, 0) is 66.1 Å². The van der Waals surface area contributed by atoms with Crippen LogP contribution >= 0.6 is 0 Å². The second kappa shape index (κ2) is 17.4. The molecular weight excluding hydrogens is 540 g/mol. The third-order valence-corrected chi connectivity index (χ3v) is 8.81. The molecule has 0 aliphatic heterocycles. The zero-order valence-electron chi connectivity index (χ0n) is 26.9. The fourth-order valence-corrected chi connectivity index (χ4v) is 5.96. The van der Waals surface area contributed by atoms with Gasteiger partial charge in [0.15, 0.2) is 0 Å². The molecule has 4 aromatic carbocycles. The molecule has 0 amide bonds. The molecule has 4 aromatic rings. The minimum Gasteiger partial charge on any atom is -0.455 e. The molecule has 44 heavy (non-hydrogen) atoms. The van der Waals surface area contributed by atoms with E-state index in [1.54, 1.807) is 0 Å². The minimum absolute atomic E-state index is 0.146. The second-order valence-electron chi connectivity index (χ2n) is 12.3. The Morgan fingerprint density at radius 3 is 1.23 bits per heavy atom. The van der Waals surface area contributed by atoms with Gasteiger partial charge in [-0.3, -0.25) is 0 Å². The molecule has 0 atom stereocenters. The van der Waals surface area contributed by atoms with Crippen LogP contribution in [0.4, 0.5) is 11.4 Å². The summed E-state index contributed by atoms with van der Waals surface area (Å²) in [7, 11) is 0. The average Bonchev–Trinajstić information content (AvgIpc) is 3.04. The molecule has 4 nitrogen and oxygen atoms in total. The first-order valence-electron chi connectivity index (χ1n) is 16.8. The maximum atomic E-state index is 6.11. The van der Waals surface area contributed by atoms with Crippen molar-refractivity contribution in [3.05, 3.63) is 108 Å². The summed E-state index contributed by atoms with van der Waals surface area (Å²) >= 11 is 0. The average molecular weight is 593 g/mol. The Hall–Kier alpha value is -3.92. The van der Waals surface area contributed by atoms with E-state index >= 15 is 0 Å². The van der Waals surface area contributed by atoms with Gasteiger partial charge in [-0.2, -0.15) is 0 Å². The van der Waals surface area contributed by atoms with Crippen molar-refractivity contribution < 1.29 is 9.47 Å². The van der Waals surface area contributed by atoms with Gasteiger partial charge in [0.2, 0.25) is 0 Å². The van der Waals surface area contributed by atoms with Gasteiger partial charge < -0.3 is 20.9 Å². The van der Waals surface area contributed by atoms with Crippen molar-refractivity contribution in [3.63, 3.8) is 0 Å². The summed E-state index contributed by atoms with van der Waals surface area (Å²) in [6.07, 6.45) is 17.3. The van der Waals surface area contributed by atoms with Crippen molar-refractivity contribution in [2.45, 2.75) is 103 Å². The van der Waals surface area contributed by atoms with Crippen LogP contribution in [0.3, 0.4) is 0 Å². The summed E-state index contributed by atoms with van der Waals surface area (Å²) in [4.78, 5) is 0. The van der Waals surface area contributed by atoms with Crippen LogP contribution in [0.1, 0.15) is 108 Å². The first-order chi connectivity index (χ1) is 21.5. The Kier molecular flexibility index (Phi) is 13.0. The number of unbranched alkanes of at least 4 members (excludes halogenated alkanes) is 11. The van der Waals surface area contributed by atoms with E-state index in [1.807, 2.05) is 48.5 Å². The Bertz CT molecular complexity index is 1290. The number of para-hydroxylation sites is 4. The Morgan fingerprint density at radius 1 is 0.477 bits per heavy atom. The fourth-order valence-electron chi connectivity index (χ4n) is 5.96. The summed E-state index contributed by atoms with van der Waals surface area (Å²) in [5.41, 5.74) is 15.9. The number of ether oxygens (including phenoxy) is 2. The molecule has 0 saturated carbocycles. The molecule has 0 aliphatic carbocycles. The Morgan fingerprint density at radius 2 is 0.841 bits per heavy atom. The number of nitrogen functional groups attached to an aromatic ring is 2. The van der Waals surface area contributed by atoms with Crippen LogP contribution in [-0.2, 0) is 5.41 Å². The van der Waals surface area contributed by atoms with Crippen molar-refractivity contribution in [2.75, 3.05) is 11.5 Å². The van der Waals surface area contributed by atoms with E-state index in [2.05, 4.69) is 62.4 Å². The molecule has 0 bridgehead atoms. The SMILES string of the molecule is CCCCCCCCCCCCCCC(C)(c1ccc(Oc2ccccc2N)cc1)c1ccc(Oc2ccccc2N)cc1. The van der Waals surface area contributed by atoms with E-state index in [4.69, 9.17) is 20.9 Å². The van der Waals surface area contributed by atoms with E-state index < -0.39 is 0 Å². The highest BCUT2D eigenvalue weighted by Crippen LogP contribution is 2.40. The monoisotopic (exact) mass is 592 g/mol. The van der Waals surface area contributed by atoms with E-state index in [0.29, 0.717) is 22.9 Å². The van der Waals surface area contributed by atoms with Gasteiger partial charge in [0.05, 0.1) is 11.4 Å². The molecule has 0 spiro atoms. The van der Waals surface area contributed by atoms with Crippen molar-refractivity contribution in [1.29, 1.82) is 0 Å². The Balaban J connectivity index is 1.39. The van der Waals surface area contributed by atoms with Crippen LogP contribution in [0.2, 0.25) is 0 Å². The summed E-state index contributed by atoms with van der Waals surface area (Å²) in [5.74, 6) is 2.91. The summed E-state index contributed by atoms with van der Waals surface area (Å²) in [6, 6.07) is 32.2. The zero-order valence-corrected chi connectivity index (χ0v) is 26.9. The third kappa shape index (κ3) is 9.80. The number of benzene rings is 4. The normalized spacial score (nSPS) is 11.4. The van der Waals surface area contributed by atoms with Gasteiger partial charge in [-0.1, -0.05) is 139 Å². The standard InChI is InChI=1S/C40H52N2O2/c1-3-4-5-6-7-8-9-10-11-12-13-18-31-40(2,32-23-27-34(28-24-32)43-38-21-16-14-19-36(38)41)33-25-29-35(30-26-33)44-39-22-17-15-20-37(39)42/h14-17,19-30H,3-13,18,31,41-42H2,1-2H3. The van der Waals surface area contributed by atoms with Crippen LogP contribution in [0.5, 0.6) is 23.0 Å². The number of rotatable bonds is 19. The first-order valence-corrected chi connectivity index (χ1v) is 16.8. The number of nitrogens with two attached hydrogens (primary N) is 2. The summed E-state index contributed by atoms with van der Waals surface area (Å²) < 4.78 is 12.2. The molecule has 234 valence electrons. The molecule has 0 radical (unpaired) electrons. The van der Waals surface area contributed by atoms with E-state index in [1.165, 1.54) is 88.2 Å². The van der Waals surface area contributed by atoms with Crippen molar-refractivity contribution >= 4 is 11.4 Å². The lowest BCUT2D eigenvalue weighted by molar-refractivity contribution is 0.462. The number of hydrogen-bond donors (Lipinski definition) is 2. The van der Waals surface area contributed by atoms with Crippen molar-refractivity contribution in [1.82, 2.24) is 0 Å². The van der Waals surface area contributed by atoms with E-state index in [0.717, 1.165) is 17.9 Å². The van der Waals surface area contributed by atoms with Crippen molar-refractivity contribution in [3.8, 4) is 23.0 Å². The molecule has 0 aliphatic rings. The van der Waals surface area contributed by atoms with Crippen LogP contribution in [0, 0.1) is 0 Å². The number of anilines is 2. The fraction of sp³-hybridized carbons (Fsp3) is 0.400. The smallest absolute Gasteiger partial charge is 0.150 e. The third-order valence-electron chi connectivity index (χ3n) is 8.81. The lowest BCUT2D eigenvalue weighted by Gasteiger charge is -2.31. The predicted octanol–water partition coefficient (Wildman–Crippen LogP) is 11.8. The molecule has 0 fully saturated rings. The maximum absolute atomic E-state index is 6.11. The van der Waals surface area contributed by atoms with Gasteiger partial charge in [0.1, 0.15) is 23.0 Å². The molecule has 0 aromatic heterocycles. The van der Waals surface area contributed by atoms with Gasteiger partial charge in [-0.25, -0.2) is 0 Å². The molecule has 4 rings (SSSR count). The molecule has 0 heterocycles. The quantitative estimate of drug-likeness (QED) is 0.0839. The molecule has 0 saturated heterocycles. The molecule has 4 N–H and O–H groups in total. The predicted molar refractivity (Wildman–Crippen MR) is 187 cm³/mol. The highest BCUT2D eigenvalue weighted by atomic mass is 16.5. The van der Waals surface area contributed by atoms with Crippen molar-refractivity contribution in [2.24, 2.45) is 0 Å². The van der Waals surface area contributed by atoms with Crippen LogP contribution in [0.15, 0.2) is 97.1 Å². The van der Waals surface area contributed by atoms with Gasteiger partial charge in [0.25, 0.3) is 0 Å². The van der Waals surface area contributed by atoms with Gasteiger partial charge >= 0.3 is 0 Å². The van der Waals surface area contributed by atoms with Crippen LogP contribution in [0.25, 0.3) is 0 Å². The topological polar surface area (TPSA) is 70.5 Å². The van der Waals surface area contributed by atoms with Crippen LogP contribution in [-0.4, -0.2) is 0 Å². The summed E-state index contributed by atoms with van der Waals surface area (Å²) in [6.45, 7) is 4.65. The van der Waals surface area contributed by atoms with Gasteiger partial charge in [-0.15, -0.1) is 0 Å². The highest BCUT2D eigenvalue weighted by Gasteiger charge is 2.28. The molecule has 0 unspecified atom stereocenters. The lowest BCUT2D eigenvalue weighted by atomic mass is 9.72. The van der Waals surface area contributed by atoms with E-state index in [9.17, 15) is 0 Å². The van der Waals surface area contributed by atoms with Crippen LogP contribution < -0.4 is 20.9 Å². The minimum atomic E-state index is -0.146. The molecular formula is C40H52N2O2.